The van der Waals surface area contributed by atoms with Crippen molar-refractivity contribution >= 4 is 0 Å². The van der Waals surface area contributed by atoms with Crippen LogP contribution in [0.5, 0.6) is 0 Å². The second kappa shape index (κ2) is 5.87. The quantitative estimate of drug-likeness (QED) is 0.909. The number of aryl methyl sites for hydroxylation is 1. The predicted octanol–water partition coefficient (Wildman–Crippen LogP) is 3.75. The minimum Gasteiger partial charge on any atom is -0.326 e. The molecule has 0 radical (unpaired) electrons. The smallest absolute Gasteiger partial charge is 0.0499 e. The largest absolute Gasteiger partial charge is 0.326 e. The summed E-state index contributed by atoms with van der Waals surface area (Å²) in [7, 11) is 0. The Morgan fingerprint density at radius 3 is 2.40 bits per heavy atom. The summed E-state index contributed by atoms with van der Waals surface area (Å²) < 4.78 is 0. The van der Waals surface area contributed by atoms with E-state index in [1.54, 1.807) is 0 Å². The highest BCUT2D eigenvalue weighted by Gasteiger charge is 2.36. The molecule has 0 amide bonds. The van der Waals surface area contributed by atoms with E-state index in [4.69, 9.17) is 5.73 Å². The summed E-state index contributed by atoms with van der Waals surface area (Å²) >= 11 is 0. The van der Waals surface area contributed by atoms with Crippen molar-refractivity contribution in [3.05, 3.63) is 35.4 Å². The molecule has 0 aliphatic carbocycles. The molecule has 3 atom stereocenters. The molecule has 1 heterocycles. The molecule has 0 spiro atoms. The zero-order valence-electron chi connectivity index (χ0n) is 13.7. The van der Waals surface area contributed by atoms with Crippen LogP contribution in [0.25, 0.3) is 0 Å². The summed E-state index contributed by atoms with van der Waals surface area (Å²) in [6, 6.07) is 9.20. The van der Waals surface area contributed by atoms with E-state index in [9.17, 15) is 0 Å². The summed E-state index contributed by atoms with van der Waals surface area (Å²) in [5.74, 6) is 0.771. The van der Waals surface area contributed by atoms with Gasteiger partial charge in [0.25, 0.3) is 0 Å². The molecule has 2 rings (SSSR count). The third-order valence-corrected chi connectivity index (χ3v) is 4.84. The van der Waals surface area contributed by atoms with Gasteiger partial charge in [-0.25, -0.2) is 0 Å². The van der Waals surface area contributed by atoms with E-state index < -0.39 is 0 Å². The third-order valence-electron chi connectivity index (χ3n) is 4.84. The highest BCUT2D eigenvalue weighted by Crippen LogP contribution is 2.38. The van der Waals surface area contributed by atoms with Crippen molar-refractivity contribution in [2.24, 2.45) is 17.1 Å². The maximum atomic E-state index is 6.33. The molecule has 1 fully saturated rings. The molecular formula is C18H30N2. The van der Waals surface area contributed by atoms with Crippen molar-refractivity contribution in [3.8, 4) is 0 Å². The zero-order valence-corrected chi connectivity index (χ0v) is 13.7. The van der Waals surface area contributed by atoms with Crippen molar-refractivity contribution in [1.29, 1.82) is 0 Å². The third kappa shape index (κ3) is 3.24. The summed E-state index contributed by atoms with van der Waals surface area (Å²) in [5.41, 5.74) is 9.48. The number of nitrogens with two attached hydrogens (primary N) is 1. The molecule has 20 heavy (non-hydrogen) atoms. The number of hydrogen-bond donors (Lipinski definition) is 1. The van der Waals surface area contributed by atoms with E-state index in [0.717, 1.165) is 5.92 Å². The number of rotatable bonds is 3. The van der Waals surface area contributed by atoms with Crippen LogP contribution in [0.15, 0.2) is 24.3 Å². The topological polar surface area (TPSA) is 29.3 Å². The Hall–Kier alpha value is -0.860. The van der Waals surface area contributed by atoms with Crippen LogP contribution in [0.3, 0.4) is 0 Å². The molecule has 0 aromatic heterocycles. The van der Waals surface area contributed by atoms with Gasteiger partial charge in [0.2, 0.25) is 0 Å². The molecule has 3 unspecified atom stereocenters. The monoisotopic (exact) mass is 274 g/mol. The second-order valence-corrected chi connectivity index (χ2v) is 7.51. The van der Waals surface area contributed by atoms with E-state index in [2.05, 4.69) is 63.8 Å². The van der Waals surface area contributed by atoms with Crippen LogP contribution in [0.2, 0.25) is 0 Å². The second-order valence-electron chi connectivity index (χ2n) is 7.51. The molecule has 2 heteroatoms. The molecule has 1 aliphatic rings. The first-order chi connectivity index (χ1) is 9.30. The fourth-order valence-electron chi connectivity index (χ4n) is 3.48. The summed E-state index contributed by atoms with van der Waals surface area (Å²) in [5, 5.41) is 0. The average molecular weight is 274 g/mol. The van der Waals surface area contributed by atoms with Crippen LogP contribution in [0.1, 0.15) is 51.3 Å². The maximum absolute atomic E-state index is 6.33. The first-order valence-corrected chi connectivity index (χ1v) is 7.86. The molecule has 1 aromatic carbocycles. The molecule has 2 nitrogen and oxygen atoms in total. The zero-order chi connectivity index (χ0) is 14.9. The van der Waals surface area contributed by atoms with Crippen LogP contribution in [0, 0.1) is 18.3 Å². The lowest BCUT2D eigenvalue weighted by atomic mass is 9.80. The minimum absolute atomic E-state index is 0.162. The van der Waals surface area contributed by atoms with Gasteiger partial charge in [-0.05, 0) is 49.3 Å². The van der Waals surface area contributed by atoms with Crippen LogP contribution in [-0.2, 0) is 0 Å². The SMILES string of the molecule is Cc1ccccc1C(C(C)N)N1CCC(C(C)(C)C)C1. The molecular weight excluding hydrogens is 244 g/mol. The van der Waals surface area contributed by atoms with Gasteiger partial charge in [0.1, 0.15) is 0 Å². The number of likely N-dealkylation sites (tertiary alicyclic amines) is 1. The average Bonchev–Trinajstić information content (AvgIpc) is 2.80. The molecule has 2 N–H and O–H groups in total. The van der Waals surface area contributed by atoms with Crippen molar-refractivity contribution < 1.29 is 0 Å². The van der Waals surface area contributed by atoms with E-state index >= 15 is 0 Å². The molecule has 1 aromatic rings. The normalized spacial score (nSPS) is 23.8. The minimum atomic E-state index is 0.162. The Balaban J connectivity index is 2.22. The summed E-state index contributed by atoms with van der Waals surface area (Å²) in [6.45, 7) is 13.7. The van der Waals surface area contributed by atoms with Crippen molar-refractivity contribution in [3.63, 3.8) is 0 Å². The maximum Gasteiger partial charge on any atom is 0.0499 e. The van der Waals surface area contributed by atoms with Gasteiger partial charge in [-0.3, -0.25) is 4.90 Å². The van der Waals surface area contributed by atoms with Crippen LogP contribution in [-0.4, -0.2) is 24.0 Å². The van der Waals surface area contributed by atoms with Gasteiger partial charge in [-0.1, -0.05) is 45.0 Å². The summed E-state index contributed by atoms with van der Waals surface area (Å²) in [6.07, 6.45) is 1.29. The molecule has 1 aliphatic heterocycles. The van der Waals surface area contributed by atoms with Gasteiger partial charge < -0.3 is 5.73 Å². The van der Waals surface area contributed by atoms with Crippen LogP contribution < -0.4 is 5.73 Å². The van der Waals surface area contributed by atoms with Crippen molar-refractivity contribution in [1.82, 2.24) is 4.90 Å². The lowest BCUT2D eigenvalue weighted by Crippen LogP contribution is -2.39. The van der Waals surface area contributed by atoms with Gasteiger partial charge in [-0.2, -0.15) is 0 Å². The standard InChI is InChI=1S/C18H30N2/c1-13-8-6-7-9-16(13)17(14(2)19)20-11-10-15(12-20)18(3,4)5/h6-9,14-15,17H,10-12,19H2,1-5H3. The van der Waals surface area contributed by atoms with E-state index in [-0.39, 0.29) is 6.04 Å². The van der Waals surface area contributed by atoms with Crippen LogP contribution >= 0.6 is 0 Å². The van der Waals surface area contributed by atoms with Crippen molar-refractivity contribution in [2.75, 3.05) is 13.1 Å². The Labute approximate surface area is 124 Å². The van der Waals surface area contributed by atoms with E-state index in [1.807, 2.05) is 0 Å². The highest BCUT2D eigenvalue weighted by molar-refractivity contribution is 5.30. The fraction of sp³-hybridized carbons (Fsp3) is 0.667. The number of nitrogens with zero attached hydrogens (tertiary/aromatic N) is 1. The van der Waals surface area contributed by atoms with Gasteiger partial charge in [0.05, 0.1) is 0 Å². The molecule has 112 valence electrons. The molecule has 1 saturated heterocycles. The number of hydrogen-bond acceptors (Lipinski definition) is 2. The first-order valence-electron chi connectivity index (χ1n) is 7.86. The van der Waals surface area contributed by atoms with Gasteiger partial charge in [-0.15, -0.1) is 0 Å². The highest BCUT2D eigenvalue weighted by atomic mass is 15.2. The Morgan fingerprint density at radius 1 is 1.25 bits per heavy atom. The summed E-state index contributed by atoms with van der Waals surface area (Å²) in [4.78, 5) is 2.60. The Kier molecular flexibility index (Phi) is 4.55. The van der Waals surface area contributed by atoms with E-state index in [0.29, 0.717) is 11.5 Å². The van der Waals surface area contributed by atoms with Gasteiger partial charge >= 0.3 is 0 Å². The Bertz CT molecular complexity index is 445. The lowest BCUT2D eigenvalue weighted by molar-refractivity contribution is 0.180. The number of benzene rings is 1. The molecule has 0 bridgehead atoms. The van der Waals surface area contributed by atoms with Gasteiger partial charge in [0.15, 0.2) is 0 Å². The Morgan fingerprint density at radius 2 is 1.90 bits per heavy atom. The first kappa shape index (κ1) is 15.5. The van der Waals surface area contributed by atoms with Crippen molar-refractivity contribution in [2.45, 2.75) is 53.1 Å². The van der Waals surface area contributed by atoms with E-state index in [1.165, 1.54) is 30.6 Å². The fourth-order valence-corrected chi connectivity index (χ4v) is 3.48. The molecule has 0 saturated carbocycles. The van der Waals surface area contributed by atoms with Gasteiger partial charge in [0, 0.05) is 18.6 Å². The van der Waals surface area contributed by atoms with Crippen LogP contribution in [0.4, 0.5) is 0 Å². The lowest BCUT2D eigenvalue weighted by Gasteiger charge is -2.34. The predicted molar refractivity (Wildman–Crippen MR) is 86.7 cm³/mol.